The largest absolute Gasteiger partial charge is 0.386 e. The summed E-state index contributed by atoms with van der Waals surface area (Å²) in [4.78, 5) is 14.1. The number of benzene rings is 1. The first kappa shape index (κ1) is 12.7. The molecule has 86 valence electrons. The molecule has 5 nitrogen and oxygen atoms in total. The lowest BCUT2D eigenvalue weighted by Crippen LogP contribution is -2.12. The molecule has 16 heavy (non-hydrogen) atoms. The highest BCUT2D eigenvalue weighted by atomic mass is 35.5. The van der Waals surface area contributed by atoms with Crippen LogP contribution in [0, 0.1) is 17.0 Å². The smallest absolute Gasteiger partial charge is 0.295 e. The van der Waals surface area contributed by atoms with E-state index >= 15 is 0 Å². The molecule has 0 radical (unpaired) electrons. The van der Waals surface area contributed by atoms with E-state index in [1.165, 1.54) is 12.1 Å². The molecule has 1 aromatic rings. The van der Waals surface area contributed by atoms with Crippen LogP contribution in [0.2, 0.25) is 5.02 Å². The van der Waals surface area contributed by atoms with Gasteiger partial charge in [0.15, 0.2) is 0 Å². The van der Waals surface area contributed by atoms with E-state index in [2.05, 4.69) is 4.99 Å². The molecule has 0 unspecified atom stereocenters. The molecule has 7 heteroatoms. The second kappa shape index (κ2) is 5.14. The van der Waals surface area contributed by atoms with E-state index in [1.807, 2.05) is 0 Å². The molecule has 0 saturated heterocycles. The number of amidine groups is 1. The lowest BCUT2D eigenvalue weighted by molar-refractivity contribution is -0.384. The zero-order valence-corrected chi connectivity index (χ0v) is 9.92. The Hall–Kier alpha value is -1.33. The van der Waals surface area contributed by atoms with Crippen molar-refractivity contribution in [3.8, 4) is 0 Å². The van der Waals surface area contributed by atoms with Gasteiger partial charge in [0.05, 0.1) is 10.8 Å². The molecular formula is C9H9Cl2N3O2. The van der Waals surface area contributed by atoms with Crippen molar-refractivity contribution in [2.24, 2.45) is 10.7 Å². The minimum absolute atomic E-state index is 0.00263. The highest BCUT2D eigenvalue weighted by Gasteiger charge is 2.15. The van der Waals surface area contributed by atoms with Crippen LogP contribution in [0.4, 0.5) is 11.4 Å². The average molecular weight is 262 g/mol. The summed E-state index contributed by atoms with van der Waals surface area (Å²) < 4.78 is 0. The van der Waals surface area contributed by atoms with Gasteiger partial charge in [-0.05, 0) is 18.6 Å². The van der Waals surface area contributed by atoms with Crippen LogP contribution in [0.25, 0.3) is 0 Å². The minimum atomic E-state index is -0.538. The van der Waals surface area contributed by atoms with Gasteiger partial charge in [0.25, 0.3) is 5.69 Å². The number of nitrogens with two attached hydrogens (primary N) is 1. The van der Waals surface area contributed by atoms with Gasteiger partial charge in [0, 0.05) is 11.1 Å². The average Bonchev–Trinajstić information content (AvgIpc) is 2.22. The first-order chi connectivity index (χ1) is 7.45. The van der Waals surface area contributed by atoms with Gasteiger partial charge in [-0.15, -0.1) is 11.6 Å². The summed E-state index contributed by atoms with van der Waals surface area (Å²) in [6.07, 6.45) is 0. The summed E-state index contributed by atoms with van der Waals surface area (Å²) >= 11 is 11.3. The fraction of sp³-hybridized carbons (Fsp3) is 0.222. The van der Waals surface area contributed by atoms with Crippen LogP contribution in [0.15, 0.2) is 17.1 Å². The number of alkyl halides is 1. The number of hydrogen-bond donors (Lipinski definition) is 1. The molecule has 0 aromatic heterocycles. The molecule has 0 fully saturated rings. The van der Waals surface area contributed by atoms with Crippen molar-refractivity contribution >= 4 is 40.4 Å². The topological polar surface area (TPSA) is 81.5 Å². The fourth-order valence-corrected chi connectivity index (χ4v) is 1.29. The third-order valence-electron chi connectivity index (χ3n) is 1.85. The van der Waals surface area contributed by atoms with Gasteiger partial charge in [-0.2, -0.15) is 0 Å². The van der Waals surface area contributed by atoms with Gasteiger partial charge in [-0.3, -0.25) is 10.1 Å². The minimum Gasteiger partial charge on any atom is -0.386 e. The molecule has 0 aliphatic heterocycles. The number of aliphatic imine (C=N–C) groups is 1. The molecule has 0 aliphatic rings. The van der Waals surface area contributed by atoms with E-state index in [9.17, 15) is 10.1 Å². The van der Waals surface area contributed by atoms with E-state index < -0.39 is 4.92 Å². The van der Waals surface area contributed by atoms with Crippen molar-refractivity contribution in [3.63, 3.8) is 0 Å². The van der Waals surface area contributed by atoms with Crippen LogP contribution in [0.1, 0.15) is 5.56 Å². The fourth-order valence-electron chi connectivity index (χ4n) is 1.08. The molecule has 0 bridgehead atoms. The lowest BCUT2D eigenvalue weighted by Gasteiger charge is -2.02. The first-order valence-corrected chi connectivity index (χ1v) is 5.20. The number of nitro benzene ring substituents is 1. The molecule has 1 aromatic carbocycles. The number of halogens is 2. The van der Waals surface area contributed by atoms with Crippen LogP contribution in [-0.4, -0.2) is 16.6 Å². The van der Waals surface area contributed by atoms with Crippen LogP contribution < -0.4 is 5.73 Å². The third-order valence-corrected chi connectivity index (χ3v) is 2.53. The van der Waals surface area contributed by atoms with Crippen molar-refractivity contribution in [1.29, 1.82) is 0 Å². The number of nitro groups is 1. The zero-order valence-electron chi connectivity index (χ0n) is 8.41. The SMILES string of the molecule is Cc1cc([N+](=O)[O-])c(N=C(N)CCl)cc1Cl. The van der Waals surface area contributed by atoms with Crippen molar-refractivity contribution in [1.82, 2.24) is 0 Å². The van der Waals surface area contributed by atoms with Gasteiger partial charge >= 0.3 is 0 Å². The third kappa shape index (κ3) is 2.84. The number of nitrogens with zero attached hydrogens (tertiary/aromatic N) is 2. The van der Waals surface area contributed by atoms with Crippen molar-refractivity contribution in [2.75, 3.05) is 5.88 Å². The standard InChI is InChI=1S/C9H9Cl2N3O2/c1-5-2-8(14(15)16)7(3-6(5)11)13-9(12)4-10/h2-3H,4H2,1H3,(H2,12,13). The highest BCUT2D eigenvalue weighted by molar-refractivity contribution is 6.31. The van der Waals surface area contributed by atoms with Crippen molar-refractivity contribution < 1.29 is 4.92 Å². The zero-order chi connectivity index (χ0) is 12.3. The van der Waals surface area contributed by atoms with Crippen molar-refractivity contribution in [3.05, 3.63) is 32.8 Å². The summed E-state index contributed by atoms with van der Waals surface area (Å²) in [7, 11) is 0. The molecule has 0 saturated carbocycles. The first-order valence-electron chi connectivity index (χ1n) is 4.29. The highest BCUT2D eigenvalue weighted by Crippen LogP contribution is 2.32. The Kier molecular flexibility index (Phi) is 4.09. The molecule has 0 heterocycles. The normalized spacial score (nSPS) is 11.6. The predicted octanol–water partition coefficient (Wildman–Crippen LogP) is 2.78. The second-order valence-corrected chi connectivity index (χ2v) is 3.76. The maximum Gasteiger partial charge on any atom is 0.295 e. The van der Waals surface area contributed by atoms with Gasteiger partial charge < -0.3 is 5.73 Å². The maximum absolute atomic E-state index is 10.8. The van der Waals surface area contributed by atoms with Crippen LogP contribution in [0.5, 0.6) is 0 Å². The molecule has 1 rings (SSSR count). The monoisotopic (exact) mass is 261 g/mol. The van der Waals surface area contributed by atoms with Gasteiger partial charge in [-0.25, -0.2) is 4.99 Å². The summed E-state index contributed by atoms with van der Waals surface area (Å²) in [5.74, 6) is 0.104. The predicted molar refractivity (Wildman–Crippen MR) is 64.8 cm³/mol. The molecule has 0 aliphatic carbocycles. The molecule has 0 atom stereocenters. The van der Waals surface area contributed by atoms with E-state index in [0.29, 0.717) is 10.6 Å². The Morgan fingerprint density at radius 3 is 2.75 bits per heavy atom. The van der Waals surface area contributed by atoms with Gasteiger partial charge in [-0.1, -0.05) is 11.6 Å². The summed E-state index contributed by atoms with van der Waals surface area (Å²) in [6, 6.07) is 2.75. The maximum atomic E-state index is 10.8. The van der Waals surface area contributed by atoms with E-state index in [0.717, 1.165) is 0 Å². The molecule has 2 N–H and O–H groups in total. The Morgan fingerprint density at radius 1 is 1.62 bits per heavy atom. The van der Waals surface area contributed by atoms with Crippen molar-refractivity contribution in [2.45, 2.75) is 6.92 Å². The summed E-state index contributed by atoms with van der Waals surface area (Å²) in [6.45, 7) is 1.67. The quantitative estimate of drug-likeness (QED) is 0.299. The van der Waals surface area contributed by atoms with E-state index in [4.69, 9.17) is 28.9 Å². The Morgan fingerprint density at radius 2 is 2.25 bits per heavy atom. The Labute approximate surface area is 102 Å². The Balaban J connectivity index is 3.36. The van der Waals surface area contributed by atoms with Gasteiger partial charge in [0.2, 0.25) is 0 Å². The molecule has 0 spiro atoms. The van der Waals surface area contributed by atoms with Crippen LogP contribution in [-0.2, 0) is 0 Å². The van der Waals surface area contributed by atoms with Gasteiger partial charge in [0.1, 0.15) is 11.5 Å². The summed E-state index contributed by atoms with van der Waals surface area (Å²) in [5, 5.41) is 11.2. The van der Waals surface area contributed by atoms with E-state index in [1.54, 1.807) is 6.92 Å². The summed E-state index contributed by atoms with van der Waals surface area (Å²) in [5.41, 5.74) is 5.99. The lowest BCUT2D eigenvalue weighted by atomic mass is 10.2. The number of aryl methyl sites for hydroxylation is 1. The Bertz CT molecular complexity index is 460. The van der Waals surface area contributed by atoms with Crippen LogP contribution >= 0.6 is 23.2 Å². The second-order valence-electron chi connectivity index (χ2n) is 3.08. The van der Waals surface area contributed by atoms with Crippen LogP contribution in [0.3, 0.4) is 0 Å². The number of hydrogen-bond acceptors (Lipinski definition) is 3. The van der Waals surface area contributed by atoms with E-state index in [-0.39, 0.29) is 23.1 Å². The molecule has 0 amide bonds. The number of rotatable bonds is 3. The molecular weight excluding hydrogens is 253 g/mol.